The molecule has 0 aliphatic carbocycles. The van der Waals surface area contributed by atoms with Crippen LogP contribution in [0, 0.1) is 5.41 Å². The van der Waals surface area contributed by atoms with Gasteiger partial charge >= 0.3 is 0 Å². The smallest absolute Gasteiger partial charge is 0.253 e. The molecule has 1 aliphatic heterocycles. The second-order valence-electron chi connectivity index (χ2n) is 8.04. The average molecular weight is 432 g/mol. The molecule has 1 unspecified atom stereocenters. The van der Waals surface area contributed by atoms with Gasteiger partial charge in [-0.2, -0.15) is 4.31 Å². The number of halogens is 1. The van der Waals surface area contributed by atoms with Crippen LogP contribution in [-0.4, -0.2) is 55.8 Å². The van der Waals surface area contributed by atoms with Gasteiger partial charge in [0, 0.05) is 37.8 Å². The van der Waals surface area contributed by atoms with Gasteiger partial charge in [0.1, 0.15) is 0 Å². The zero-order valence-electron chi connectivity index (χ0n) is 17.3. The topological polar surface area (TPSA) is 83.7 Å². The third-order valence-electron chi connectivity index (χ3n) is 5.28. The zero-order chi connectivity index (χ0) is 20.2. The van der Waals surface area contributed by atoms with Crippen molar-refractivity contribution < 1.29 is 13.2 Å². The molecular formula is C20H34ClN3O3S. The fourth-order valence-corrected chi connectivity index (χ4v) is 5.12. The van der Waals surface area contributed by atoms with Crippen molar-refractivity contribution >= 4 is 28.3 Å². The monoisotopic (exact) mass is 431 g/mol. The standard InChI is InChI=1S/C20H33N3O3S.ClH/c1-5-12-23(13-6-2)27(25,26)17-9-7-16(8-10-17)19(24)22-14-11-18(21)20(3,4)15-22;/h7-10,18H,5-6,11-15,21H2,1-4H3;1H. The van der Waals surface area contributed by atoms with Crippen molar-refractivity contribution in [3.8, 4) is 0 Å². The quantitative estimate of drug-likeness (QED) is 0.718. The highest BCUT2D eigenvalue weighted by Crippen LogP contribution is 2.28. The number of nitrogens with zero attached hydrogens (tertiary/aromatic N) is 2. The van der Waals surface area contributed by atoms with Crippen LogP contribution in [0.5, 0.6) is 0 Å². The van der Waals surface area contributed by atoms with E-state index < -0.39 is 10.0 Å². The van der Waals surface area contributed by atoms with Gasteiger partial charge in [0.15, 0.2) is 0 Å². The summed E-state index contributed by atoms with van der Waals surface area (Å²) in [6, 6.07) is 6.40. The van der Waals surface area contributed by atoms with E-state index in [1.54, 1.807) is 24.3 Å². The fraction of sp³-hybridized carbons (Fsp3) is 0.650. The predicted octanol–water partition coefficient (Wildman–Crippen LogP) is 3.12. The molecule has 2 rings (SSSR count). The SMILES string of the molecule is CCCN(CCC)S(=O)(=O)c1ccc(C(=O)N2CCC(N)C(C)(C)C2)cc1.Cl. The second-order valence-corrected chi connectivity index (χ2v) is 9.98. The molecule has 0 bridgehead atoms. The summed E-state index contributed by atoms with van der Waals surface area (Å²) in [7, 11) is -3.53. The van der Waals surface area contributed by atoms with E-state index in [2.05, 4.69) is 13.8 Å². The van der Waals surface area contributed by atoms with Crippen LogP contribution in [0.15, 0.2) is 29.2 Å². The maximum Gasteiger partial charge on any atom is 0.253 e. The van der Waals surface area contributed by atoms with E-state index in [1.807, 2.05) is 18.7 Å². The highest BCUT2D eigenvalue weighted by atomic mass is 35.5. The highest BCUT2D eigenvalue weighted by Gasteiger charge is 2.35. The van der Waals surface area contributed by atoms with Crippen LogP contribution in [0.1, 0.15) is 57.3 Å². The molecule has 0 spiro atoms. The maximum absolute atomic E-state index is 12.8. The Morgan fingerprint density at radius 1 is 1.18 bits per heavy atom. The summed E-state index contributed by atoms with van der Waals surface area (Å²) in [6.45, 7) is 10.3. The summed E-state index contributed by atoms with van der Waals surface area (Å²) >= 11 is 0. The van der Waals surface area contributed by atoms with E-state index in [-0.39, 0.29) is 34.7 Å². The van der Waals surface area contributed by atoms with Gasteiger partial charge < -0.3 is 10.6 Å². The molecule has 1 heterocycles. The Morgan fingerprint density at radius 3 is 2.18 bits per heavy atom. The first kappa shape index (κ1) is 24.9. The maximum atomic E-state index is 12.8. The number of rotatable bonds is 7. The Balaban J connectivity index is 0.00000392. The fourth-order valence-electron chi connectivity index (χ4n) is 3.50. The number of nitrogens with two attached hydrogens (primary N) is 1. The first-order chi connectivity index (χ1) is 12.6. The molecule has 1 amide bonds. The summed E-state index contributed by atoms with van der Waals surface area (Å²) in [4.78, 5) is 14.9. The lowest BCUT2D eigenvalue weighted by Crippen LogP contribution is -2.54. The number of piperidine rings is 1. The van der Waals surface area contributed by atoms with E-state index in [0.29, 0.717) is 31.7 Å². The van der Waals surface area contributed by atoms with Crippen molar-refractivity contribution in [2.45, 2.75) is 57.9 Å². The van der Waals surface area contributed by atoms with E-state index in [0.717, 1.165) is 19.3 Å². The molecule has 2 N–H and O–H groups in total. The molecule has 1 aromatic rings. The molecular weight excluding hydrogens is 398 g/mol. The first-order valence-corrected chi connectivity index (χ1v) is 11.2. The third-order valence-corrected chi connectivity index (χ3v) is 7.20. The lowest BCUT2D eigenvalue weighted by atomic mass is 9.79. The van der Waals surface area contributed by atoms with Crippen molar-refractivity contribution in [2.24, 2.45) is 11.1 Å². The molecule has 8 heteroatoms. The van der Waals surface area contributed by atoms with E-state index in [9.17, 15) is 13.2 Å². The largest absolute Gasteiger partial charge is 0.338 e. The Morgan fingerprint density at radius 2 is 1.71 bits per heavy atom. The minimum atomic E-state index is -3.53. The van der Waals surface area contributed by atoms with Crippen molar-refractivity contribution in [1.82, 2.24) is 9.21 Å². The molecule has 0 radical (unpaired) electrons. The van der Waals surface area contributed by atoms with Crippen LogP contribution in [0.3, 0.4) is 0 Å². The molecule has 1 aliphatic rings. The first-order valence-electron chi connectivity index (χ1n) is 9.78. The predicted molar refractivity (Wildman–Crippen MR) is 115 cm³/mol. The van der Waals surface area contributed by atoms with Crippen molar-refractivity contribution in [1.29, 1.82) is 0 Å². The van der Waals surface area contributed by atoms with E-state index >= 15 is 0 Å². The van der Waals surface area contributed by atoms with Gasteiger partial charge in [0.2, 0.25) is 10.0 Å². The van der Waals surface area contributed by atoms with Crippen LogP contribution < -0.4 is 5.73 Å². The number of carbonyl (C=O) groups is 1. The molecule has 1 fully saturated rings. The molecule has 1 aromatic carbocycles. The number of hydrogen-bond donors (Lipinski definition) is 1. The molecule has 0 saturated carbocycles. The second kappa shape index (κ2) is 10.1. The van der Waals surface area contributed by atoms with Crippen molar-refractivity contribution in [2.75, 3.05) is 26.2 Å². The van der Waals surface area contributed by atoms with Gasteiger partial charge in [-0.1, -0.05) is 27.7 Å². The summed E-state index contributed by atoms with van der Waals surface area (Å²) < 4.78 is 27.2. The summed E-state index contributed by atoms with van der Waals surface area (Å²) in [5.41, 5.74) is 6.53. The number of hydrogen-bond acceptors (Lipinski definition) is 4. The Bertz CT molecular complexity index is 744. The van der Waals surface area contributed by atoms with E-state index in [4.69, 9.17) is 5.73 Å². The lowest BCUT2D eigenvalue weighted by Gasteiger charge is -2.42. The van der Waals surface area contributed by atoms with Crippen LogP contribution in [0.2, 0.25) is 0 Å². The summed E-state index contributed by atoms with van der Waals surface area (Å²) in [5.74, 6) is -0.0714. The minimum Gasteiger partial charge on any atom is -0.338 e. The van der Waals surface area contributed by atoms with Crippen LogP contribution in [-0.2, 0) is 10.0 Å². The Hall–Kier alpha value is -1.15. The van der Waals surface area contributed by atoms with Crippen LogP contribution in [0.25, 0.3) is 0 Å². The number of carbonyl (C=O) groups excluding carboxylic acids is 1. The van der Waals surface area contributed by atoms with Gasteiger partial charge in [-0.15, -0.1) is 12.4 Å². The molecule has 0 aromatic heterocycles. The van der Waals surface area contributed by atoms with Crippen LogP contribution in [0.4, 0.5) is 0 Å². The van der Waals surface area contributed by atoms with Crippen LogP contribution >= 0.6 is 12.4 Å². The Kier molecular flexibility index (Phi) is 8.93. The Labute approximate surface area is 175 Å². The summed E-state index contributed by atoms with van der Waals surface area (Å²) in [5, 5.41) is 0. The van der Waals surface area contributed by atoms with Gasteiger partial charge in [-0.05, 0) is 48.9 Å². The zero-order valence-corrected chi connectivity index (χ0v) is 19.0. The minimum absolute atomic E-state index is 0. The van der Waals surface area contributed by atoms with Crippen molar-refractivity contribution in [3.05, 3.63) is 29.8 Å². The molecule has 1 saturated heterocycles. The third kappa shape index (κ3) is 5.47. The molecule has 28 heavy (non-hydrogen) atoms. The number of sulfonamides is 1. The molecule has 1 atom stereocenters. The molecule has 6 nitrogen and oxygen atoms in total. The van der Waals surface area contributed by atoms with Gasteiger partial charge in [0.25, 0.3) is 5.91 Å². The van der Waals surface area contributed by atoms with E-state index in [1.165, 1.54) is 4.31 Å². The normalized spacial score (nSPS) is 19.4. The highest BCUT2D eigenvalue weighted by molar-refractivity contribution is 7.89. The number of likely N-dealkylation sites (tertiary alicyclic amines) is 1. The van der Waals surface area contributed by atoms with Gasteiger partial charge in [0.05, 0.1) is 4.90 Å². The molecule has 160 valence electrons. The van der Waals surface area contributed by atoms with Crippen molar-refractivity contribution in [3.63, 3.8) is 0 Å². The number of amides is 1. The van der Waals surface area contributed by atoms with Gasteiger partial charge in [-0.25, -0.2) is 8.42 Å². The average Bonchev–Trinajstić information content (AvgIpc) is 2.63. The lowest BCUT2D eigenvalue weighted by molar-refractivity contribution is 0.0533. The number of benzene rings is 1. The summed E-state index contributed by atoms with van der Waals surface area (Å²) in [6.07, 6.45) is 2.31. The van der Waals surface area contributed by atoms with Gasteiger partial charge in [-0.3, -0.25) is 4.79 Å².